The largest absolute Gasteiger partial charge is 0.491 e. The first-order valence-electron chi connectivity index (χ1n) is 6.27. The van der Waals surface area contributed by atoms with Crippen LogP contribution in [0.1, 0.15) is 28.8 Å². The average molecular weight is 282 g/mol. The van der Waals surface area contributed by atoms with Gasteiger partial charge in [0, 0.05) is 27.1 Å². The molecule has 0 bridgehead atoms. The van der Waals surface area contributed by atoms with Crippen molar-refractivity contribution >= 4 is 18.4 Å². The molecule has 0 aromatic heterocycles. The summed E-state index contributed by atoms with van der Waals surface area (Å²) in [5.74, 6) is -0.957. The maximum Gasteiger partial charge on any atom is 0.491 e. The molecular weight excluding hydrogens is 266 g/mol. The van der Waals surface area contributed by atoms with Gasteiger partial charge in [0.2, 0.25) is 0 Å². The highest BCUT2D eigenvalue weighted by atomic mass is 19.1. The van der Waals surface area contributed by atoms with E-state index < -0.39 is 19.2 Å². The Kier molecular flexibility index (Phi) is 4.88. The zero-order chi connectivity index (χ0) is 14.7. The summed E-state index contributed by atoms with van der Waals surface area (Å²) in [7, 11) is 1.85. The van der Waals surface area contributed by atoms with Crippen molar-refractivity contribution < 1.29 is 28.3 Å². The Hall–Kier alpha value is -1.28. The first-order valence-corrected chi connectivity index (χ1v) is 6.27. The fourth-order valence-corrected chi connectivity index (χ4v) is 2.17. The van der Waals surface area contributed by atoms with Gasteiger partial charge in [-0.2, -0.15) is 0 Å². The van der Waals surface area contributed by atoms with Crippen LogP contribution < -0.4 is 5.46 Å². The first-order chi connectivity index (χ1) is 9.56. The van der Waals surface area contributed by atoms with Crippen LogP contribution in [0.25, 0.3) is 0 Å². The summed E-state index contributed by atoms with van der Waals surface area (Å²) < 4.78 is 28.8. The average Bonchev–Trinajstić information content (AvgIpc) is 2.79. The predicted octanol–water partition coefficient (Wildman–Crippen LogP) is 0.625. The number of methoxy groups -OCH3 is 2. The van der Waals surface area contributed by atoms with E-state index in [4.69, 9.17) is 14.1 Å². The standard InChI is InChI=1S/C13H16BFO5/c1-18-13(19-2)4-3-12(16)9-6-10-8(5-11(9)15)7-20-14(10)17/h5-6,13,17H,3-4,7H2,1-2H3. The monoisotopic (exact) mass is 282 g/mol. The van der Waals surface area contributed by atoms with Crippen molar-refractivity contribution in [1.82, 2.24) is 0 Å². The molecule has 0 amide bonds. The Morgan fingerprint density at radius 1 is 1.50 bits per heavy atom. The SMILES string of the molecule is COC(CCC(=O)c1cc2c(cc1F)COB2O)OC. The number of Topliss-reactive ketones (excluding diaryl/α,β-unsaturated/α-hetero) is 1. The molecule has 5 nitrogen and oxygen atoms in total. The quantitative estimate of drug-likeness (QED) is 0.471. The minimum Gasteiger partial charge on any atom is -0.423 e. The zero-order valence-corrected chi connectivity index (χ0v) is 11.4. The van der Waals surface area contributed by atoms with E-state index >= 15 is 0 Å². The predicted molar refractivity (Wildman–Crippen MR) is 70.2 cm³/mol. The van der Waals surface area contributed by atoms with Crippen LogP contribution in [0.15, 0.2) is 12.1 Å². The molecule has 1 aromatic rings. The lowest BCUT2D eigenvalue weighted by Gasteiger charge is -2.12. The lowest BCUT2D eigenvalue weighted by Crippen LogP contribution is -2.29. The minimum absolute atomic E-state index is 0.0424. The maximum absolute atomic E-state index is 13.9. The summed E-state index contributed by atoms with van der Waals surface area (Å²) >= 11 is 0. The molecule has 0 atom stereocenters. The molecule has 7 heteroatoms. The first kappa shape index (κ1) is 15.1. The van der Waals surface area contributed by atoms with Crippen molar-refractivity contribution in [2.24, 2.45) is 0 Å². The van der Waals surface area contributed by atoms with Gasteiger partial charge in [0.1, 0.15) is 5.82 Å². The van der Waals surface area contributed by atoms with E-state index in [0.717, 1.165) is 0 Å². The van der Waals surface area contributed by atoms with Crippen molar-refractivity contribution in [3.8, 4) is 0 Å². The van der Waals surface area contributed by atoms with Crippen molar-refractivity contribution in [2.75, 3.05) is 14.2 Å². The third-order valence-corrected chi connectivity index (χ3v) is 3.32. The normalized spacial score (nSPS) is 13.9. The summed E-state index contributed by atoms with van der Waals surface area (Å²) in [6.07, 6.45) is -0.0641. The van der Waals surface area contributed by atoms with E-state index in [2.05, 4.69) is 0 Å². The molecule has 0 aliphatic carbocycles. The molecule has 108 valence electrons. The molecule has 1 N–H and O–H groups in total. The molecule has 0 saturated heterocycles. The number of halogens is 1. The maximum atomic E-state index is 13.9. The lowest BCUT2D eigenvalue weighted by atomic mass is 9.78. The highest BCUT2D eigenvalue weighted by Gasteiger charge is 2.30. The molecule has 1 heterocycles. The molecule has 1 aliphatic heterocycles. The van der Waals surface area contributed by atoms with Gasteiger partial charge in [-0.25, -0.2) is 4.39 Å². The highest BCUT2D eigenvalue weighted by Crippen LogP contribution is 2.17. The van der Waals surface area contributed by atoms with E-state index in [1.54, 1.807) is 0 Å². The second-order valence-corrected chi connectivity index (χ2v) is 4.56. The lowest BCUT2D eigenvalue weighted by molar-refractivity contribution is -0.105. The van der Waals surface area contributed by atoms with Gasteiger partial charge >= 0.3 is 7.12 Å². The molecule has 1 aromatic carbocycles. The fraction of sp³-hybridized carbons (Fsp3) is 0.462. The topological polar surface area (TPSA) is 65.0 Å². The Bertz CT molecular complexity index is 504. The van der Waals surface area contributed by atoms with Crippen molar-refractivity contribution in [3.63, 3.8) is 0 Å². The molecule has 1 aliphatic rings. The van der Waals surface area contributed by atoms with E-state index in [1.165, 1.54) is 26.4 Å². The van der Waals surface area contributed by atoms with Crippen LogP contribution in [0.5, 0.6) is 0 Å². The number of hydrogen-bond acceptors (Lipinski definition) is 5. The van der Waals surface area contributed by atoms with E-state index in [0.29, 0.717) is 17.4 Å². The van der Waals surface area contributed by atoms with Crippen molar-refractivity contribution in [2.45, 2.75) is 25.7 Å². The van der Waals surface area contributed by atoms with Gasteiger partial charge in [-0.3, -0.25) is 4.79 Å². The van der Waals surface area contributed by atoms with E-state index in [-0.39, 0.29) is 24.4 Å². The number of carbonyl (C=O) groups is 1. The van der Waals surface area contributed by atoms with Gasteiger partial charge in [-0.15, -0.1) is 0 Å². The Balaban J connectivity index is 2.12. The molecule has 0 spiro atoms. The molecule has 0 saturated carbocycles. The molecule has 0 unspecified atom stereocenters. The van der Waals surface area contributed by atoms with Gasteiger partial charge in [0.05, 0.1) is 12.2 Å². The molecule has 0 radical (unpaired) electrons. The van der Waals surface area contributed by atoms with Gasteiger partial charge in [-0.05, 0) is 23.2 Å². The summed E-state index contributed by atoms with van der Waals surface area (Å²) in [6, 6.07) is 2.60. The Morgan fingerprint density at radius 3 is 2.85 bits per heavy atom. The number of carbonyl (C=O) groups excluding carboxylic acids is 1. The van der Waals surface area contributed by atoms with Crippen LogP contribution in [-0.2, 0) is 20.7 Å². The third kappa shape index (κ3) is 3.07. The van der Waals surface area contributed by atoms with Gasteiger partial charge in [-0.1, -0.05) is 0 Å². The summed E-state index contributed by atoms with van der Waals surface area (Å²) in [5.41, 5.74) is 0.974. The van der Waals surface area contributed by atoms with E-state index in [9.17, 15) is 14.2 Å². The number of ether oxygens (including phenoxy) is 2. The van der Waals surface area contributed by atoms with Crippen LogP contribution in [0.4, 0.5) is 4.39 Å². The Labute approximate surface area is 116 Å². The molecule has 20 heavy (non-hydrogen) atoms. The van der Waals surface area contributed by atoms with Crippen molar-refractivity contribution in [3.05, 3.63) is 29.1 Å². The summed E-state index contributed by atoms with van der Waals surface area (Å²) in [5, 5.41) is 9.58. The fourth-order valence-electron chi connectivity index (χ4n) is 2.17. The molecular formula is C13H16BFO5. The minimum atomic E-state index is -1.09. The second kappa shape index (κ2) is 6.45. The van der Waals surface area contributed by atoms with Crippen LogP contribution in [0.3, 0.4) is 0 Å². The smallest absolute Gasteiger partial charge is 0.423 e. The number of ketones is 1. The van der Waals surface area contributed by atoms with Gasteiger partial charge < -0.3 is 19.2 Å². The number of benzene rings is 1. The molecule has 0 fully saturated rings. The van der Waals surface area contributed by atoms with Crippen LogP contribution >= 0.6 is 0 Å². The summed E-state index contributed by atoms with van der Waals surface area (Å²) in [6.45, 7) is 0.150. The third-order valence-electron chi connectivity index (χ3n) is 3.32. The van der Waals surface area contributed by atoms with Crippen LogP contribution in [0, 0.1) is 5.82 Å². The highest BCUT2D eigenvalue weighted by molar-refractivity contribution is 6.61. The zero-order valence-electron chi connectivity index (χ0n) is 11.4. The van der Waals surface area contributed by atoms with Crippen LogP contribution in [0.2, 0.25) is 0 Å². The van der Waals surface area contributed by atoms with E-state index in [1.807, 2.05) is 0 Å². The number of hydrogen-bond donors (Lipinski definition) is 1. The Morgan fingerprint density at radius 2 is 2.20 bits per heavy atom. The van der Waals surface area contributed by atoms with Crippen molar-refractivity contribution in [1.29, 1.82) is 0 Å². The van der Waals surface area contributed by atoms with Gasteiger partial charge in [0.15, 0.2) is 12.1 Å². The molecule has 2 rings (SSSR count). The van der Waals surface area contributed by atoms with Crippen LogP contribution in [-0.4, -0.2) is 38.4 Å². The van der Waals surface area contributed by atoms with Gasteiger partial charge in [0.25, 0.3) is 0 Å². The summed E-state index contributed by atoms with van der Waals surface area (Å²) in [4.78, 5) is 12.0. The number of rotatable bonds is 6. The second-order valence-electron chi connectivity index (χ2n) is 4.56. The number of fused-ring (bicyclic) bond motifs is 1.